The highest BCUT2D eigenvalue weighted by molar-refractivity contribution is 5.69. The Bertz CT molecular complexity index is 599. The molecule has 4 aliphatic rings. The van der Waals surface area contributed by atoms with Crippen LogP contribution in [0.1, 0.15) is 105 Å². The van der Waals surface area contributed by atoms with E-state index in [1.165, 1.54) is 71.3 Å². The van der Waals surface area contributed by atoms with E-state index >= 15 is 0 Å². The second-order valence-electron chi connectivity index (χ2n) is 12.0. The van der Waals surface area contributed by atoms with E-state index in [0.29, 0.717) is 23.2 Å². The van der Waals surface area contributed by atoms with Gasteiger partial charge in [0.05, 0.1) is 7.11 Å². The van der Waals surface area contributed by atoms with E-state index in [1.807, 2.05) is 0 Å². The lowest BCUT2D eigenvalue weighted by atomic mass is 9.42. The van der Waals surface area contributed by atoms with Crippen molar-refractivity contribution >= 4 is 5.97 Å². The molecule has 4 saturated carbocycles. The normalized spacial score (nSPS) is 47.6. The minimum Gasteiger partial charge on any atom is -0.469 e. The van der Waals surface area contributed by atoms with Crippen molar-refractivity contribution < 1.29 is 9.53 Å². The molecule has 9 atom stereocenters. The van der Waals surface area contributed by atoms with Gasteiger partial charge in [0, 0.05) is 6.42 Å². The highest BCUT2D eigenvalue weighted by atomic mass is 16.5. The van der Waals surface area contributed by atoms with Crippen LogP contribution in [0.3, 0.4) is 0 Å². The molecule has 0 aromatic carbocycles. The minimum atomic E-state index is -0.0328. The van der Waals surface area contributed by atoms with Crippen LogP contribution < -0.4 is 0 Å². The molecule has 0 saturated heterocycles. The van der Waals surface area contributed by atoms with Gasteiger partial charge in [-0.15, -0.1) is 0 Å². The Hall–Kier alpha value is -0.530. The molecule has 0 bridgehead atoms. The zero-order valence-electron chi connectivity index (χ0n) is 19.8. The second kappa shape index (κ2) is 8.19. The monoisotopic (exact) mass is 402 g/mol. The molecule has 0 N–H and O–H groups in total. The molecule has 4 rings (SSSR count). The quantitative estimate of drug-likeness (QED) is 0.452. The number of carbonyl (C=O) groups excluding carboxylic acids is 1. The fraction of sp³-hybridized carbons (Fsp3) is 0.963. The molecule has 0 aromatic rings. The molecule has 0 radical (unpaired) electrons. The number of carbonyl (C=O) groups is 1. The van der Waals surface area contributed by atoms with Crippen LogP contribution in [0, 0.1) is 52.3 Å². The van der Waals surface area contributed by atoms with E-state index in [4.69, 9.17) is 4.74 Å². The zero-order valence-corrected chi connectivity index (χ0v) is 19.8. The van der Waals surface area contributed by atoms with Crippen LogP contribution in [-0.4, -0.2) is 13.1 Å². The van der Waals surface area contributed by atoms with Crippen LogP contribution in [0.15, 0.2) is 0 Å². The molecule has 4 fully saturated rings. The van der Waals surface area contributed by atoms with Crippen LogP contribution >= 0.6 is 0 Å². The van der Waals surface area contributed by atoms with Gasteiger partial charge in [0.2, 0.25) is 0 Å². The first-order chi connectivity index (χ1) is 13.8. The number of hydrogen-bond donors (Lipinski definition) is 0. The van der Waals surface area contributed by atoms with Gasteiger partial charge in [-0.05, 0) is 104 Å². The molecule has 0 spiro atoms. The summed E-state index contributed by atoms with van der Waals surface area (Å²) in [5.74, 6) is 6.27. The van der Waals surface area contributed by atoms with Gasteiger partial charge in [0.1, 0.15) is 0 Å². The Labute approximate surface area is 179 Å². The second-order valence-corrected chi connectivity index (χ2v) is 12.0. The van der Waals surface area contributed by atoms with Gasteiger partial charge in [0.25, 0.3) is 0 Å². The molecule has 166 valence electrons. The highest BCUT2D eigenvalue weighted by Crippen LogP contribution is 2.69. The predicted molar refractivity (Wildman–Crippen MR) is 119 cm³/mol. The first kappa shape index (κ1) is 21.7. The van der Waals surface area contributed by atoms with Gasteiger partial charge in [-0.1, -0.05) is 47.0 Å². The summed E-state index contributed by atoms with van der Waals surface area (Å²) < 4.78 is 4.91. The van der Waals surface area contributed by atoms with E-state index in [9.17, 15) is 4.79 Å². The average Bonchev–Trinajstić information content (AvgIpc) is 3.08. The van der Waals surface area contributed by atoms with Gasteiger partial charge in [-0.3, -0.25) is 4.79 Å². The molecule has 0 heterocycles. The predicted octanol–water partition coefficient (Wildman–Crippen LogP) is 7.26. The van der Waals surface area contributed by atoms with Crippen LogP contribution in [0.2, 0.25) is 0 Å². The third kappa shape index (κ3) is 3.49. The fourth-order valence-electron chi connectivity index (χ4n) is 9.64. The van der Waals surface area contributed by atoms with Gasteiger partial charge >= 0.3 is 5.97 Å². The Balaban J connectivity index is 1.53. The summed E-state index contributed by atoms with van der Waals surface area (Å²) in [4.78, 5) is 11.7. The molecule has 0 aliphatic heterocycles. The Morgan fingerprint density at radius 2 is 1.76 bits per heavy atom. The maximum absolute atomic E-state index is 11.7. The Kier molecular flexibility index (Phi) is 6.13. The molecular weight excluding hydrogens is 356 g/mol. The summed E-state index contributed by atoms with van der Waals surface area (Å²) in [5.41, 5.74) is 1.13. The van der Waals surface area contributed by atoms with Crippen molar-refractivity contribution in [1.29, 1.82) is 0 Å². The summed E-state index contributed by atoms with van der Waals surface area (Å²) >= 11 is 0. The van der Waals surface area contributed by atoms with Crippen molar-refractivity contribution in [3.8, 4) is 0 Å². The van der Waals surface area contributed by atoms with E-state index in [2.05, 4.69) is 27.7 Å². The summed E-state index contributed by atoms with van der Waals surface area (Å²) in [6, 6.07) is 0. The number of esters is 1. The highest BCUT2D eigenvalue weighted by Gasteiger charge is 2.61. The Morgan fingerprint density at radius 3 is 2.48 bits per heavy atom. The minimum absolute atomic E-state index is 0.0328. The lowest BCUT2D eigenvalue weighted by Gasteiger charge is -2.63. The molecule has 0 aromatic heterocycles. The van der Waals surface area contributed by atoms with Gasteiger partial charge < -0.3 is 4.74 Å². The number of methoxy groups -OCH3 is 1. The molecular formula is C27H46O2. The van der Waals surface area contributed by atoms with Crippen molar-refractivity contribution in [3.63, 3.8) is 0 Å². The first-order valence-corrected chi connectivity index (χ1v) is 12.9. The van der Waals surface area contributed by atoms with Crippen molar-refractivity contribution in [1.82, 2.24) is 0 Å². The number of ether oxygens (including phenoxy) is 1. The van der Waals surface area contributed by atoms with Crippen LogP contribution in [0.25, 0.3) is 0 Å². The topological polar surface area (TPSA) is 26.3 Å². The van der Waals surface area contributed by atoms with Crippen LogP contribution in [0.5, 0.6) is 0 Å². The zero-order chi connectivity index (χ0) is 20.8. The molecule has 3 unspecified atom stereocenters. The first-order valence-electron chi connectivity index (χ1n) is 12.9. The van der Waals surface area contributed by atoms with Crippen molar-refractivity contribution in [2.75, 3.05) is 7.11 Å². The van der Waals surface area contributed by atoms with Crippen LogP contribution in [-0.2, 0) is 9.53 Å². The SMILES string of the molecule is CC[C@H]1CC2C3CC[C@H]([C@H](C)CCC(=O)OC)[C@@]3(C)CCC2[C@@]2(C)CCCC[C@@H]12. The summed E-state index contributed by atoms with van der Waals surface area (Å²) in [6.45, 7) is 10.2. The lowest BCUT2D eigenvalue weighted by molar-refractivity contribution is -0.142. The average molecular weight is 403 g/mol. The van der Waals surface area contributed by atoms with Gasteiger partial charge in [-0.2, -0.15) is 0 Å². The molecule has 2 heteroatoms. The summed E-state index contributed by atoms with van der Waals surface area (Å²) in [7, 11) is 1.52. The number of hydrogen-bond acceptors (Lipinski definition) is 2. The largest absolute Gasteiger partial charge is 0.469 e. The van der Waals surface area contributed by atoms with Crippen molar-refractivity contribution in [3.05, 3.63) is 0 Å². The number of fused-ring (bicyclic) bond motifs is 5. The maximum Gasteiger partial charge on any atom is 0.305 e. The third-order valence-corrected chi connectivity index (χ3v) is 11.1. The van der Waals surface area contributed by atoms with E-state index < -0.39 is 0 Å². The van der Waals surface area contributed by atoms with Gasteiger partial charge in [0.15, 0.2) is 0 Å². The third-order valence-electron chi connectivity index (χ3n) is 11.1. The number of rotatable bonds is 5. The summed E-state index contributed by atoms with van der Waals surface area (Å²) in [6.07, 6.45) is 16.2. The maximum atomic E-state index is 11.7. The van der Waals surface area contributed by atoms with E-state index in [1.54, 1.807) is 0 Å². The van der Waals surface area contributed by atoms with Crippen molar-refractivity contribution in [2.45, 2.75) is 105 Å². The van der Waals surface area contributed by atoms with Crippen LogP contribution in [0.4, 0.5) is 0 Å². The Morgan fingerprint density at radius 1 is 1.00 bits per heavy atom. The van der Waals surface area contributed by atoms with Gasteiger partial charge in [-0.25, -0.2) is 0 Å². The summed E-state index contributed by atoms with van der Waals surface area (Å²) in [5, 5.41) is 0. The van der Waals surface area contributed by atoms with E-state index in [-0.39, 0.29) is 5.97 Å². The molecule has 0 amide bonds. The molecule has 2 nitrogen and oxygen atoms in total. The van der Waals surface area contributed by atoms with Crippen molar-refractivity contribution in [2.24, 2.45) is 52.3 Å². The lowest BCUT2D eigenvalue weighted by Crippen LogP contribution is -2.55. The fourth-order valence-corrected chi connectivity index (χ4v) is 9.64. The smallest absolute Gasteiger partial charge is 0.305 e. The molecule has 4 aliphatic carbocycles. The molecule has 29 heavy (non-hydrogen) atoms. The standard InChI is InChI=1S/C27H46O2/c1-6-19-17-20-23-12-11-21(18(2)10-13-25(28)29-5)27(23,4)16-14-24(20)26(3)15-8-7-9-22(19)26/h18-24H,6-17H2,1-5H3/t18-,19+,20?,21-,22+,23?,24?,26+,27-/m1/s1. The van der Waals surface area contributed by atoms with E-state index in [0.717, 1.165) is 41.9 Å².